The molecule has 0 fully saturated rings. The molecule has 0 aliphatic rings. The van der Waals surface area contributed by atoms with Crippen LogP contribution in [-0.2, 0) is 19.7 Å². The van der Waals surface area contributed by atoms with Crippen LogP contribution in [-0.4, -0.2) is 51.6 Å². The zero-order valence-corrected chi connectivity index (χ0v) is 18.4. The highest BCUT2D eigenvalue weighted by Crippen LogP contribution is 2.24. The molecule has 4 rings (SSSR count). The number of hydrogen-bond acceptors (Lipinski definition) is 6. The fourth-order valence-corrected chi connectivity index (χ4v) is 3.43. The van der Waals surface area contributed by atoms with Crippen molar-refractivity contribution in [2.24, 2.45) is 0 Å². The number of rotatable bonds is 7. The van der Waals surface area contributed by atoms with Gasteiger partial charge in [0.1, 0.15) is 19.0 Å². The molecule has 0 saturated carbocycles. The van der Waals surface area contributed by atoms with E-state index in [9.17, 15) is 32.6 Å². The Morgan fingerprint density at radius 3 is 2.43 bits per heavy atom. The molecule has 2 aromatic carbocycles. The lowest BCUT2D eigenvalue weighted by molar-refractivity contribution is -0.207. The lowest BCUT2D eigenvalue weighted by atomic mass is 10.2. The molecule has 9 nitrogen and oxygen atoms in total. The summed E-state index contributed by atoms with van der Waals surface area (Å²) in [6, 6.07) is 11.2. The Balaban J connectivity index is 1.75. The van der Waals surface area contributed by atoms with Crippen LogP contribution in [0.1, 0.15) is 11.6 Å². The van der Waals surface area contributed by atoms with Crippen LogP contribution in [0.2, 0.25) is 5.02 Å². The van der Waals surface area contributed by atoms with Crippen LogP contribution in [0.3, 0.4) is 0 Å². The first-order valence-corrected chi connectivity index (χ1v) is 10.4. The molecular formula is C21H17ClF4N6O3. The topological polar surface area (TPSA) is 111 Å². The summed E-state index contributed by atoms with van der Waals surface area (Å²) in [4.78, 5) is 17.1. The Hall–Kier alpha value is -3.55. The van der Waals surface area contributed by atoms with Gasteiger partial charge in [-0.3, -0.25) is 4.57 Å². The van der Waals surface area contributed by atoms with E-state index in [1.54, 1.807) is 0 Å². The average Bonchev–Trinajstić information content (AvgIpc) is 3.35. The van der Waals surface area contributed by atoms with Crippen LogP contribution in [0.25, 0.3) is 17.1 Å². The second-order valence-corrected chi connectivity index (χ2v) is 7.87. The van der Waals surface area contributed by atoms with Crippen LogP contribution in [0.4, 0.5) is 17.6 Å². The van der Waals surface area contributed by atoms with Gasteiger partial charge in [0.05, 0.1) is 12.2 Å². The third-order valence-electron chi connectivity index (χ3n) is 4.96. The largest absolute Gasteiger partial charge is 0.416 e. The highest BCUT2D eigenvalue weighted by atomic mass is 35.5. The van der Waals surface area contributed by atoms with Gasteiger partial charge in [0, 0.05) is 10.6 Å². The van der Waals surface area contributed by atoms with Crippen molar-refractivity contribution in [2.75, 3.05) is 0 Å². The summed E-state index contributed by atoms with van der Waals surface area (Å²) in [6.45, 7) is -2.02. The Morgan fingerprint density at radius 1 is 1.09 bits per heavy atom. The van der Waals surface area contributed by atoms with Crippen LogP contribution >= 0.6 is 11.6 Å². The van der Waals surface area contributed by atoms with Crippen molar-refractivity contribution in [3.8, 4) is 17.1 Å². The summed E-state index contributed by atoms with van der Waals surface area (Å²) in [5.74, 6) is -0.649. The van der Waals surface area contributed by atoms with Crippen LogP contribution in [0.5, 0.6) is 0 Å². The summed E-state index contributed by atoms with van der Waals surface area (Å²) in [5, 5.41) is 27.9. The number of aromatic nitrogens is 6. The number of hydrogen-bond donors (Lipinski definition) is 2. The van der Waals surface area contributed by atoms with E-state index in [-0.39, 0.29) is 35.3 Å². The third-order valence-corrected chi connectivity index (χ3v) is 5.21. The van der Waals surface area contributed by atoms with E-state index in [1.165, 1.54) is 47.1 Å². The molecule has 1 atom stereocenters. The van der Waals surface area contributed by atoms with Crippen LogP contribution in [0.15, 0.2) is 53.3 Å². The molecule has 0 aliphatic heterocycles. The maximum absolute atomic E-state index is 13.6. The van der Waals surface area contributed by atoms with Crippen molar-refractivity contribution >= 4 is 11.6 Å². The van der Waals surface area contributed by atoms with Gasteiger partial charge < -0.3 is 10.2 Å². The Morgan fingerprint density at radius 2 is 1.80 bits per heavy atom. The first kappa shape index (κ1) is 24.6. The summed E-state index contributed by atoms with van der Waals surface area (Å²) in [6.07, 6.45) is -7.77. The van der Waals surface area contributed by atoms with Crippen LogP contribution in [0, 0.1) is 5.82 Å². The molecule has 0 aliphatic carbocycles. The number of aliphatic hydroxyl groups is 2. The SMILES string of the molecule is O=c1n(Cc2nc(CO)n(-c3cccc(F)c3)n2)nc(-c2ccc(Cl)cc2)n1CC(O)C(F)(F)F. The minimum Gasteiger partial charge on any atom is -0.388 e. The lowest BCUT2D eigenvalue weighted by Crippen LogP contribution is -2.37. The molecule has 0 spiro atoms. The zero-order valence-electron chi connectivity index (χ0n) is 17.7. The van der Waals surface area contributed by atoms with Gasteiger partial charge in [0.2, 0.25) is 0 Å². The normalized spacial score (nSPS) is 12.8. The molecule has 0 amide bonds. The van der Waals surface area contributed by atoms with Gasteiger partial charge >= 0.3 is 11.9 Å². The highest BCUT2D eigenvalue weighted by molar-refractivity contribution is 6.30. The van der Waals surface area contributed by atoms with Crippen molar-refractivity contribution < 1.29 is 27.8 Å². The first-order chi connectivity index (χ1) is 16.6. The maximum Gasteiger partial charge on any atom is 0.416 e. The number of aliphatic hydroxyl groups excluding tert-OH is 2. The summed E-state index contributed by atoms with van der Waals surface area (Å²) in [7, 11) is 0. The van der Waals surface area contributed by atoms with Crippen molar-refractivity contribution in [3.63, 3.8) is 0 Å². The van der Waals surface area contributed by atoms with Crippen molar-refractivity contribution in [2.45, 2.75) is 32.0 Å². The van der Waals surface area contributed by atoms with E-state index in [1.807, 2.05) is 0 Å². The van der Waals surface area contributed by atoms with Gasteiger partial charge in [0.25, 0.3) is 0 Å². The van der Waals surface area contributed by atoms with Crippen molar-refractivity contribution in [1.29, 1.82) is 0 Å². The van der Waals surface area contributed by atoms with E-state index in [4.69, 9.17) is 11.6 Å². The van der Waals surface area contributed by atoms with E-state index in [0.717, 1.165) is 10.7 Å². The van der Waals surface area contributed by atoms with Gasteiger partial charge in [-0.05, 0) is 42.5 Å². The quantitative estimate of drug-likeness (QED) is 0.368. The fraction of sp³-hybridized carbons (Fsp3) is 0.238. The standard InChI is InChI=1S/C21H17ClF4N6O3/c22-13-6-4-12(5-7-13)19-29-31(20(35)30(19)9-16(34)21(24,25)26)10-17-27-18(11-33)32(28-17)15-3-1-2-14(23)8-15/h1-8,16,33-34H,9-11H2. The molecule has 35 heavy (non-hydrogen) atoms. The second-order valence-electron chi connectivity index (χ2n) is 7.43. The Bertz CT molecular complexity index is 1400. The van der Waals surface area contributed by atoms with Crippen molar-refractivity contribution in [3.05, 3.63) is 81.5 Å². The predicted octanol–water partition coefficient (Wildman–Crippen LogP) is 2.55. The zero-order chi connectivity index (χ0) is 25.3. The number of benzene rings is 2. The smallest absolute Gasteiger partial charge is 0.388 e. The van der Waals surface area contributed by atoms with E-state index < -0.39 is 36.9 Å². The van der Waals surface area contributed by atoms with Gasteiger partial charge in [-0.25, -0.2) is 23.5 Å². The third kappa shape index (κ3) is 5.26. The summed E-state index contributed by atoms with van der Waals surface area (Å²) < 4.78 is 55.3. The fourth-order valence-electron chi connectivity index (χ4n) is 3.31. The van der Waals surface area contributed by atoms with Gasteiger partial charge in [0.15, 0.2) is 23.6 Å². The van der Waals surface area contributed by atoms with Crippen molar-refractivity contribution in [1.82, 2.24) is 29.1 Å². The van der Waals surface area contributed by atoms with E-state index in [0.29, 0.717) is 9.59 Å². The Labute approximate surface area is 199 Å². The summed E-state index contributed by atoms with van der Waals surface area (Å²) in [5.41, 5.74) is -0.402. The lowest BCUT2D eigenvalue weighted by Gasteiger charge is -2.15. The molecule has 0 radical (unpaired) electrons. The minimum atomic E-state index is -4.96. The minimum absolute atomic E-state index is 0.0101. The van der Waals surface area contributed by atoms with E-state index >= 15 is 0 Å². The second kappa shape index (κ2) is 9.60. The molecule has 184 valence electrons. The molecular weight excluding hydrogens is 496 g/mol. The molecule has 0 saturated heterocycles. The molecule has 2 heterocycles. The maximum atomic E-state index is 13.6. The van der Waals surface area contributed by atoms with Crippen LogP contribution < -0.4 is 5.69 Å². The Kier molecular flexibility index (Phi) is 6.74. The highest BCUT2D eigenvalue weighted by Gasteiger charge is 2.39. The molecule has 0 bridgehead atoms. The average molecular weight is 513 g/mol. The molecule has 2 N–H and O–H groups in total. The summed E-state index contributed by atoms with van der Waals surface area (Å²) >= 11 is 5.87. The monoisotopic (exact) mass is 512 g/mol. The predicted molar refractivity (Wildman–Crippen MR) is 115 cm³/mol. The molecule has 2 aromatic heterocycles. The van der Waals surface area contributed by atoms with Gasteiger partial charge in [-0.1, -0.05) is 17.7 Å². The first-order valence-electron chi connectivity index (χ1n) is 10.1. The van der Waals surface area contributed by atoms with Gasteiger partial charge in [-0.2, -0.15) is 13.2 Å². The van der Waals surface area contributed by atoms with Gasteiger partial charge in [-0.15, -0.1) is 10.2 Å². The number of alkyl halides is 3. The molecule has 4 aromatic rings. The molecule has 1 unspecified atom stereocenters. The number of halogens is 5. The molecule has 14 heteroatoms. The number of nitrogens with zero attached hydrogens (tertiary/aromatic N) is 6. The van der Waals surface area contributed by atoms with E-state index in [2.05, 4.69) is 15.2 Å².